The summed E-state index contributed by atoms with van der Waals surface area (Å²) in [6.45, 7) is 1.05. The lowest BCUT2D eigenvalue weighted by Crippen LogP contribution is -2.27. The molecule has 1 aliphatic rings. The molecule has 7 nitrogen and oxygen atoms in total. The highest BCUT2D eigenvalue weighted by Crippen LogP contribution is 2.30. The summed E-state index contributed by atoms with van der Waals surface area (Å²) in [6, 6.07) is 11.1. The van der Waals surface area contributed by atoms with E-state index in [0.29, 0.717) is 34.8 Å². The number of H-pyrrole nitrogens is 1. The average molecular weight is 419 g/mol. The number of aromatic amines is 1. The van der Waals surface area contributed by atoms with Crippen LogP contribution in [-0.4, -0.2) is 42.0 Å². The van der Waals surface area contributed by atoms with Crippen molar-refractivity contribution in [3.63, 3.8) is 0 Å². The van der Waals surface area contributed by atoms with E-state index in [1.807, 2.05) is 24.3 Å². The minimum atomic E-state index is -3.15. The van der Waals surface area contributed by atoms with Crippen molar-refractivity contribution in [2.24, 2.45) is 0 Å². The predicted octanol–water partition coefficient (Wildman–Crippen LogP) is 3.07. The molecule has 3 heterocycles. The molecule has 3 aromatic rings. The number of rotatable bonds is 4. The smallest absolute Gasteiger partial charge is 0.259 e. The molecule has 0 aliphatic carbocycles. The molecule has 0 spiro atoms. The Morgan fingerprint density at radius 3 is 2.68 bits per heavy atom. The number of sulfonamides is 1. The molecule has 1 fully saturated rings. The molecular formula is C19H19ClN4O3S. The van der Waals surface area contributed by atoms with Gasteiger partial charge >= 0.3 is 0 Å². The highest BCUT2D eigenvalue weighted by molar-refractivity contribution is 7.88. The number of fused-ring (bicyclic) bond motifs is 1. The third-order valence-electron chi connectivity index (χ3n) is 4.99. The Kier molecular flexibility index (Phi) is 4.86. The van der Waals surface area contributed by atoms with Gasteiger partial charge in [0.05, 0.1) is 11.6 Å². The van der Waals surface area contributed by atoms with Crippen molar-refractivity contribution in [2.75, 3.05) is 24.7 Å². The van der Waals surface area contributed by atoms with Crippen LogP contribution in [0.15, 0.2) is 47.4 Å². The summed E-state index contributed by atoms with van der Waals surface area (Å²) in [5, 5.41) is 4.60. The molecule has 1 aliphatic heterocycles. The topological polar surface area (TPSA) is 95.2 Å². The zero-order chi connectivity index (χ0) is 19.9. The van der Waals surface area contributed by atoms with Crippen molar-refractivity contribution in [1.82, 2.24) is 14.3 Å². The minimum Gasteiger partial charge on any atom is -0.339 e. The number of hydrogen-bond acceptors (Lipinski definition) is 5. The molecule has 2 N–H and O–H groups in total. The lowest BCUT2D eigenvalue weighted by atomic mass is 9.98. The zero-order valence-corrected chi connectivity index (χ0v) is 16.7. The number of nitrogens with zero attached hydrogens (tertiary/aromatic N) is 2. The lowest BCUT2D eigenvalue weighted by Gasteiger charge is -2.14. The largest absolute Gasteiger partial charge is 0.339 e. The van der Waals surface area contributed by atoms with Crippen LogP contribution in [0.3, 0.4) is 0 Å². The quantitative estimate of drug-likeness (QED) is 0.635. The summed E-state index contributed by atoms with van der Waals surface area (Å²) >= 11 is 6.09. The first kappa shape index (κ1) is 18.9. The Morgan fingerprint density at radius 2 is 2.00 bits per heavy atom. The van der Waals surface area contributed by atoms with E-state index in [9.17, 15) is 13.2 Å². The van der Waals surface area contributed by atoms with Crippen LogP contribution in [0.25, 0.3) is 10.8 Å². The zero-order valence-electron chi connectivity index (χ0n) is 15.1. The van der Waals surface area contributed by atoms with E-state index < -0.39 is 10.0 Å². The van der Waals surface area contributed by atoms with Gasteiger partial charge in [-0.25, -0.2) is 17.7 Å². The molecule has 1 atom stereocenters. The fourth-order valence-corrected chi connectivity index (χ4v) is 4.64. The summed E-state index contributed by atoms with van der Waals surface area (Å²) in [4.78, 5) is 19.1. The first-order chi connectivity index (χ1) is 13.3. The maximum Gasteiger partial charge on any atom is 0.259 e. The predicted molar refractivity (Wildman–Crippen MR) is 111 cm³/mol. The molecule has 0 amide bonds. The van der Waals surface area contributed by atoms with Crippen LogP contribution in [0.5, 0.6) is 0 Å². The van der Waals surface area contributed by atoms with E-state index >= 15 is 0 Å². The fourth-order valence-electron chi connectivity index (χ4n) is 3.55. The number of aromatic nitrogens is 2. The minimum absolute atomic E-state index is 0.178. The van der Waals surface area contributed by atoms with Gasteiger partial charge in [0.1, 0.15) is 11.0 Å². The summed E-state index contributed by atoms with van der Waals surface area (Å²) in [7, 11) is -3.15. The first-order valence-electron chi connectivity index (χ1n) is 8.81. The van der Waals surface area contributed by atoms with E-state index in [-0.39, 0.29) is 11.5 Å². The molecule has 0 saturated carbocycles. The summed E-state index contributed by atoms with van der Waals surface area (Å²) in [5.74, 6) is 0.568. The molecule has 0 bridgehead atoms. The maximum absolute atomic E-state index is 12.2. The Bertz CT molecular complexity index is 1190. The standard InChI is InChI=1S/C19H19ClN4O3S/c1-28(26,27)24-9-7-14(11-24)12-2-4-15(5-3-12)22-18-17-13(10-16(20)23-18)6-8-21-19(17)25/h2-6,8,10,14H,7,9,11H2,1H3,(H,21,25)(H,22,23). The van der Waals surface area contributed by atoms with Crippen molar-refractivity contribution < 1.29 is 8.42 Å². The molecule has 1 unspecified atom stereocenters. The third-order valence-corrected chi connectivity index (χ3v) is 6.45. The number of halogens is 1. The Labute approximate surface area is 167 Å². The van der Waals surface area contributed by atoms with Gasteiger partial charge in [-0.1, -0.05) is 23.7 Å². The third kappa shape index (κ3) is 3.76. The van der Waals surface area contributed by atoms with Crippen LogP contribution in [-0.2, 0) is 10.0 Å². The molecule has 28 heavy (non-hydrogen) atoms. The highest BCUT2D eigenvalue weighted by Gasteiger charge is 2.29. The second-order valence-corrected chi connectivity index (χ2v) is 9.29. The van der Waals surface area contributed by atoms with Gasteiger partial charge in [0, 0.05) is 25.0 Å². The maximum atomic E-state index is 12.2. The van der Waals surface area contributed by atoms with Crippen molar-refractivity contribution in [3.8, 4) is 0 Å². The van der Waals surface area contributed by atoms with Crippen molar-refractivity contribution in [3.05, 3.63) is 63.7 Å². The Balaban J connectivity index is 1.58. The van der Waals surface area contributed by atoms with Crippen LogP contribution >= 0.6 is 11.6 Å². The molecule has 146 valence electrons. The Morgan fingerprint density at radius 1 is 1.25 bits per heavy atom. The van der Waals surface area contributed by atoms with Crippen LogP contribution in [0, 0.1) is 0 Å². The average Bonchev–Trinajstić information content (AvgIpc) is 3.12. The first-order valence-corrected chi connectivity index (χ1v) is 11.0. The monoisotopic (exact) mass is 418 g/mol. The van der Waals surface area contributed by atoms with E-state index in [4.69, 9.17) is 11.6 Å². The molecule has 2 aromatic heterocycles. The van der Waals surface area contributed by atoms with E-state index in [1.54, 1.807) is 18.3 Å². The van der Waals surface area contributed by atoms with Crippen LogP contribution in [0.1, 0.15) is 17.9 Å². The van der Waals surface area contributed by atoms with Crippen LogP contribution in [0.2, 0.25) is 5.15 Å². The van der Waals surface area contributed by atoms with Crippen molar-refractivity contribution in [1.29, 1.82) is 0 Å². The van der Waals surface area contributed by atoms with Gasteiger partial charge in [-0.3, -0.25) is 4.79 Å². The molecular weight excluding hydrogens is 400 g/mol. The van der Waals surface area contributed by atoms with Gasteiger partial charge in [0.25, 0.3) is 5.56 Å². The molecule has 4 rings (SSSR count). The van der Waals surface area contributed by atoms with Gasteiger partial charge in [0.15, 0.2) is 0 Å². The molecule has 1 saturated heterocycles. The van der Waals surface area contributed by atoms with Gasteiger partial charge in [-0.05, 0) is 47.6 Å². The van der Waals surface area contributed by atoms with Crippen molar-refractivity contribution >= 4 is 43.9 Å². The second-order valence-electron chi connectivity index (χ2n) is 6.92. The van der Waals surface area contributed by atoms with Gasteiger partial charge < -0.3 is 10.3 Å². The number of anilines is 2. The van der Waals surface area contributed by atoms with Crippen LogP contribution in [0.4, 0.5) is 11.5 Å². The van der Waals surface area contributed by atoms with E-state index in [0.717, 1.165) is 17.7 Å². The van der Waals surface area contributed by atoms with E-state index in [1.165, 1.54) is 10.6 Å². The van der Waals surface area contributed by atoms with Gasteiger partial charge in [-0.15, -0.1) is 0 Å². The molecule has 1 aromatic carbocycles. The summed E-state index contributed by atoms with van der Waals surface area (Å²) in [5.41, 5.74) is 1.60. The SMILES string of the molecule is CS(=O)(=O)N1CCC(c2ccc(Nc3nc(Cl)cc4cc[nH]c(=O)c34)cc2)C1. The van der Waals surface area contributed by atoms with Crippen molar-refractivity contribution in [2.45, 2.75) is 12.3 Å². The number of nitrogens with one attached hydrogen (secondary N) is 2. The number of benzene rings is 1. The molecule has 0 radical (unpaired) electrons. The van der Waals surface area contributed by atoms with Gasteiger partial charge in [0.2, 0.25) is 10.0 Å². The Hall–Kier alpha value is -2.42. The second kappa shape index (κ2) is 7.20. The van der Waals surface area contributed by atoms with Gasteiger partial charge in [-0.2, -0.15) is 0 Å². The normalized spacial score (nSPS) is 17.9. The summed E-state index contributed by atoms with van der Waals surface area (Å²) < 4.78 is 24.9. The number of pyridine rings is 2. The molecule has 9 heteroatoms. The fraction of sp³-hybridized carbons (Fsp3) is 0.263. The van der Waals surface area contributed by atoms with E-state index in [2.05, 4.69) is 15.3 Å². The highest BCUT2D eigenvalue weighted by atomic mass is 35.5. The lowest BCUT2D eigenvalue weighted by molar-refractivity contribution is 0.478. The summed E-state index contributed by atoms with van der Waals surface area (Å²) in [6.07, 6.45) is 3.61. The number of hydrogen-bond donors (Lipinski definition) is 2. The van der Waals surface area contributed by atoms with Crippen LogP contribution < -0.4 is 10.9 Å².